The molecule has 57 heavy (non-hydrogen) atoms. The maximum atomic E-state index is 12.5. The molecule has 0 aliphatic heterocycles. The Kier molecular flexibility index (Phi) is 41.3. The Morgan fingerprint density at radius 3 is 0.982 bits per heavy atom. The van der Waals surface area contributed by atoms with Crippen molar-refractivity contribution in [2.45, 2.75) is 168 Å². The van der Waals surface area contributed by atoms with Gasteiger partial charge in [0.1, 0.15) is 13.2 Å². The monoisotopic (exact) mass is 787 g/mol. The Morgan fingerprint density at radius 1 is 0.351 bits per heavy atom. The molecule has 0 spiro atoms. The molecule has 0 aromatic heterocycles. The number of allylic oxidation sites excluding steroid dienone is 17. The molecule has 6 nitrogen and oxygen atoms in total. The van der Waals surface area contributed by atoms with Crippen molar-refractivity contribution in [3.63, 3.8) is 0 Å². The van der Waals surface area contributed by atoms with Crippen LogP contribution in [0, 0.1) is 0 Å². The van der Waals surface area contributed by atoms with Gasteiger partial charge >= 0.3 is 17.9 Å². The van der Waals surface area contributed by atoms with Crippen LogP contribution < -0.4 is 0 Å². The molecule has 0 rings (SSSR count). The number of hydrogen-bond acceptors (Lipinski definition) is 6. The number of rotatable bonds is 37. The molecule has 0 aromatic carbocycles. The number of ether oxygens (including phenoxy) is 3. The lowest BCUT2D eigenvalue weighted by molar-refractivity contribution is -0.160. The fourth-order valence-corrected chi connectivity index (χ4v) is 5.51. The van der Waals surface area contributed by atoms with E-state index in [4.69, 9.17) is 14.2 Å². The van der Waals surface area contributed by atoms with E-state index >= 15 is 0 Å². The van der Waals surface area contributed by atoms with Crippen LogP contribution in [-0.2, 0) is 28.6 Å². The third kappa shape index (κ3) is 42.8. The Labute approximate surface area is 348 Å². The third-order valence-electron chi connectivity index (χ3n) is 8.86. The van der Waals surface area contributed by atoms with E-state index < -0.39 is 24.0 Å². The van der Waals surface area contributed by atoms with Gasteiger partial charge in [0.2, 0.25) is 0 Å². The summed E-state index contributed by atoms with van der Waals surface area (Å²) in [5, 5.41) is 0. The lowest BCUT2D eigenvalue weighted by Crippen LogP contribution is -2.29. The van der Waals surface area contributed by atoms with Crippen LogP contribution in [0.2, 0.25) is 0 Å². The summed E-state index contributed by atoms with van der Waals surface area (Å²) in [5.74, 6) is -1.84. The molecule has 0 saturated heterocycles. The van der Waals surface area contributed by atoms with E-state index in [-0.39, 0.29) is 13.2 Å². The molecular formula is C51H78O6. The van der Waals surface area contributed by atoms with Crippen molar-refractivity contribution in [1.82, 2.24) is 0 Å². The first-order chi connectivity index (χ1) is 28.0. The molecule has 0 aliphatic rings. The first-order valence-electron chi connectivity index (χ1n) is 22.2. The normalized spacial score (nSPS) is 13.2. The second kappa shape index (κ2) is 44.5. The molecule has 0 atom stereocenters. The summed E-state index contributed by atoms with van der Waals surface area (Å²) in [6, 6.07) is 0. The van der Waals surface area contributed by atoms with Gasteiger partial charge in [-0.15, -0.1) is 0 Å². The van der Waals surface area contributed by atoms with Gasteiger partial charge in [0.05, 0.1) is 0 Å². The van der Waals surface area contributed by atoms with Crippen molar-refractivity contribution in [2.24, 2.45) is 0 Å². The first kappa shape index (κ1) is 52.8. The van der Waals surface area contributed by atoms with Crippen LogP contribution in [0.1, 0.15) is 162 Å². The van der Waals surface area contributed by atoms with E-state index in [2.05, 4.69) is 39.0 Å². The zero-order chi connectivity index (χ0) is 41.5. The van der Waals surface area contributed by atoms with E-state index in [0.29, 0.717) is 0 Å². The number of carbonyl (C=O) groups excluding carboxylic acids is 3. The van der Waals surface area contributed by atoms with Gasteiger partial charge in [0.15, 0.2) is 6.10 Å². The van der Waals surface area contributed by atoms with Crippen molar-refractivity contribution >= 4 is 17.9 Å². The summed E-state index contributed by atoms with van der Waals surface area (Å²) >= 11 is 0. The lowest BCUT2D eigenvalue weighted by Gasteiger charge is -2.16. The van der Waals surface area contributed by atoms with Gasteiger partial charge in [0, 0.05) is 18.2 Å². The fourth-order valence-electron chi connectivity index (χ4n) is 5.51. The first-order valence-corrected chi connectivity index (χ1v) is 22.2. The molecule has 0 unspecified atom stereocenters. The average Bonchev–Trinajstić information content (AvgIpc) is 3.21. The number of esters is 3. The van der Waals surface area contributed by atoms with Crippen molar-refractivity contribution in [1.29, 1.82) is 0 Å². The molecule has 0 aliphatic carbocycles. The van der Waals surface area contributed by atoms with Crippen molar-refractivity contribution in [3.05, 3.63) is 122 Å². The van der Waals surface area contributed by atoms with E-state index in [0.717, 1.165) is 19.3 Å². The fraction of sp³-hybridized carbons (Fsp3) is 0.549. The summed E-state index contributed by atoms with van der Waals surface area (Å²) in [6.45, 7) is 6.15. The molecule has 0 heterocycles. The zero-order valence-electron chi connectivity index (χ0n) is 36.0. The summed E-state index contributed by atoms with van der Waals surface area (Å²) in [7, 11) is 0. The smallest absolute Gasteiger partial charge is 0.331 e. The number of carbonyl (C=O) groups is 3. The van der Waals surface area contributed by atoms with E-state index in [1.54, 1.807) is 36.5 Å². The van der Waals surface area contributed by atoms with E-state index in [1.165, 1.54) is 140 Å². The number of unbranched alkanes of at least 4 members (excludes halogenated alkanes) is 19. The summed E-state index contributed by atoms with van der Waals surface area (Å²) in [4.78, 5) is 37.3. The standard InChI is InChI=1S/C51H78O6/c1-4-7-10-13-16-19-22-25-28-31-34-37-40-43-49(52)55-46-48(57-51(54)45-42-39-36-33-30-27-24-21-18-15-12-9-6-3)47-56-50(53)44-41-38-35-32-29-26-23-20-17-14-11-8-5-2/h24,27-45,48H,4-23,25-26,46-47H2,1-3H3. The Hall–Kier alpha value is -4.19. The highest BCUT2D eigenvalue weighted by Crippen LogP contribution is 2.10. The predicted octanol–water partition coefficient (Wildman–Crippen LogP) is 14.2. The molecule has 0 fully saturated rings. The van der Waals surface area contributed by atoms with E-state index in [1.807, 2.05) is 48.6 Å². The Balaban J connectivity index is 4.88. The largest absolute Gasteiger partial charge is 0.458 e. The topological polar surface area (TPSA) is 78.9 Å². The summed E-state index contributed by atoms with van der Waals surface area (Å²) in [6.07, 6.45) is 62.2. The molecule has 0 N–H and O–H groups in total. The minimum atomic E-state index is -0.983. The highest BCUT2D eigenvalue weighted by atomic mass is 16.6. The molecule has 318 valence electrons. The van der Waals surface area contributed by atoms with Crippen LogP contribution in [0.25, 0.3) is 0 Å². The predicted molar refractivity (Wildman–Crippen MR) is 242 cm³/mol. The van der Waals surface area contributed by atoms with Gasteiger partial charge in [-0.05, 0) is 38.5 Å². The zero-order valence-corrected chi connectivity index (χ0v) is 36.0. The lowest BCUT2D eigenvalue weighted by atomic mass is 10.1. The molecule has 0 bridgehead atoms. The van der Waals surface area contributed by atoms with Gasteiger partial charge < -0.3 is 14.2 Å². The van der Waals surface area contributed by atoms with Gasteiger partial charge in [-0.25, -0.2) is 14.4 Å². The Morgan fingerprint density at radius 2 is 0.632 bits per heavy atom. The minimum absolute atomic E-state index is 0.269. The van der Waals surface area contributed by atoms with Crippen molar-refractivity contribution in [3.8, 4) is 0 Å². The van der Waals surface area contributed by atoms with Gasteiger partial charge in [-0.2, -0.15) is 0 Å². The van der Waals surface area contributed by atoms with Crippen LogP contribution in [0.5, 0.6) is 0 Å². The van der Waals surface area contributed by atoms with Gasteiger partial charge in [-0.3, -0.25) is 0 Å². The van der Waals surface area contributed by atoms with Crippen LogP contribution in [-0.4, -0.2) is 37.2 Å². The van der Waals surface area contributed by atoms with Crippen LogP contribution in [0.4, 0.5) is 0 Å². The Bertz CT molecular complexity index is 1210. The second-order valence-electron chi connectivity index (χ2n) is 14.2. The van der Waals surface area contributed by atoms with Crippen LogP contribution >= 0.6 is 0 Å². The van der Waals surface area contributed by atoms with E-state index in [9.17, 15) is 14.4 Å². The SMILES string of the molecule is CCCCCCCC=CC=CC=CC=CC(=O)OC(COC(=O)C=CC=CC=CCCCCCCCCC)COC(=O)C=CC=CC=CCCCCCCCCC. The summed E-state index contributed by atoms with van der Waals surface area (Å²) < 4.78 is 16.1. The van der Waals surface area contributed by atoms with Crippen molar-refractivity contribution < 1.29 is 28.6 Å². The van der Waals surface area contributed by atoms with Crippen LogP contribution in [0.3, 0.4) is 0 Å². The minimum Gasteiger partial charge on any atom is -0.458 e. The van der Waals surface area contributed by atoms with Crippen molar-refractivity contribution in [2.75, 3.05) is 13.2 Å². The highest BCUT2D eigenvalue weighted by molar-refractivity contribution is 5.83. The molecule has 6 heteroatoms. The second-order valence-corrected chi connectivity index (χ2v) is 14.2. The third-order valence-corrected chi connectivity index (χ3v) is 8.86. The molecule has 0 radical (unpaired) electrons. The number of hydrogen-bond donors (Lipinski definition) is 0. The quantitative estimate of drug-likeness (QED) is 0.0205. The highest BCUT2D eigenvalue weighted by Gasteiger charge is 2.17. The maximum Gasteiger partial charge on any atom is 0.331 e. The molecule has 0 amide bonds. The maximum absolute atomic E-state index is 12.5. The molecule has 0 saturated carbocycles. The molecular weight excluding hydrogens is 709 g/mol. The van der Waals surface area contributed by atoms with Gasteiger partial charge in [0.25, 0.3) is 0 Å². The summed E-state index contributed by atoms with van der Waals surface area (Å²) in [5.41, 5.74) is 0. The average molecular weight is 787 g/mol. The van der Waals surface area contributed by atoms with Crippen LogP contribution in [0.15, 0.2) is 122 Å². The molecule has 0 aromatic rings. The van der Waals surface area contributed by atoms with Gasteiger partial charge in [-0.1, -0.05) is 227 Å².